The molecule has 0 heterocycles. The molecule has 6 nitrogen and oxygen atoms in total. The van der Waals surface area contributed by atoms with E-state index in [4.69, 9.17) is 19.7 Å². The minimum atomic E-state index is -1.84. The van der Waals surface area contributed by atoms with Gasteiger partial charge in [-0.25, -0.2) is 0 Å². The Labute approximate surface area is 93.0 Å². The van der Waals surface area contributed by atoms with Crippen LogP contribution in [-0.4, -0.2) is 58.7 Å². The lowest BCUT2D eigenvalue weighted by Crippen LogP contribution is -2.44. The first kappa shape index (κ1) is 13.1. The zero-order valence-corrected chi connectivity index (χ0v) is 8.74. The lowest BCUT2D eigenvalue weighted by molar-refractivity contribution is -0.216. The first-order chi connectivity index (χ1) is 7.62. The van der Waals surface area contributed by atoms with E-state index in [1.165, 1.54) is 18.2 Å². The molecule has 16 heavy (non-hydrogen) atoms. The van der Waals surface area contributed by atoms with E-state index in [2.05, 4.69) is 0 Å². The molecule has 0 bridgehead atoms. The largest absolute Gasteiger partial charge is 0.491 e. The molecule has 1 aliphatic carbocycles. The molecule has 1 rings (SSSR count). The third-order valence-electron chi connectivity index (χ3n) is 2.02. The Morgan fingerprint density at radius 1 is 1.25 bits per heavy atom. The summed E-state index contributed by atoms with van der Waals surface area (Å²) < 4.78 is 9.95. The fourth-order valence-electron chi connectivity index (χ4n) is 1.23. The summed E-state index contributed by atoms with van der Waals surface area (Å²) in [5.74, 6) is -1.49. The van der Waals surface area contributed by atoms with Crippen LogP contribution in [0.2, 0.25) is 0 Å². The number of rotatable bonds is 6. The van der Waals surface area contributed by atoms with E-state index in [9.17, 15) is 10.2 Å². The Hall–Kier alpha value is -0.920. The van der Waals surface area contributed by atoms with Gasteiger partial charge in [0.2, 0.25) is 5.79 Å². The van der Waals surface area contributed by atoms with E-state index in [1.807, 2.05) is 0 Å². The Bertz CT molecular complexity index is 274. The van der Waals surface area contributed by atoms with Crippen LogP contribution in [0.1, 0.15) is 0 Å². The van der Waals surface area contributed by atoms with E-state index in [-0.39, 0.29) is 26.4 Å². The lowest BCUT2D eigenvalue weighted by Gasteiger charge is -2.30. The van der Waals surface area contributed by atoms with Gasteiger partial charge < -0.3 is 29.9 Å². The zero-order valence-electron chi connectivity index (χ0n) is 8.74. The summed E-state index contributed by atoms with van der Waals surface area (Å²) in [5.41, 5.74) is 0. The summed E-state index contributed by atoms with van der Waals surface area (Å²) in [6.07, 6.45) is 2.66. The third kappa shape index (κ3) is 3.29. The van der Waals surface area contributed by atoms with E-state index in [0.717, 1.165) is 0 Å². The molecule has 0 aromatic carbocycles. The minimum absolute atomic E-state index is 0.0848. The van der Waals surface area contributed by atoms with Crippen LogP contribution in [0.4, 0.5) is 0 Å². The van der Waals surface area contributed by atoms with E-state index < -0.39 is 11.9 Å². The van der Waals surface area contributed by atoms with Crippen LogP contribution < -0.4 is 0 Å². The highest BCUT2D eigenvalue weighted by atomic mass is 16.6. The van der Waals surface area contributed by atoms with Crippen molar-refractivity contribution in [2.24, 2.45) is 0 Å². The summed E-state index contributed by atoms with van der Waals surface area (Å²) >= 11 is 0. The number of allylic oxidation sites excluding steroid dienone is 1. The molecule has 0 saturated heterocycles. The third-order valence-corrected chi connectivity index (χ3v) is 2.02. The highest BCUT2D eigenvalue weighted by Crippen LogP contribution is 2.23. The summed E-state index contributed by atoms with van der Waals surface area (Å²) in [6.45, 7) is -0.357. The fourth-order valence-corrected chi connectivity index (χ4v) is 1.23. The maximum atomic E-state index is 9.79. The van der Waals surface area contributed by atoms with Crippen molar-refractivity contribution >= 4 is 0 Å². The molecular weight excluding hydrogens is 216 g/mol. The van der Waals surface area contributed by atoms with E-state index >= 15 is 0 Å². The Morgan fingerprint density at radius 2 is 1.94 bits per heavy atom. The molecular formula is C10H16O6. The second kappa shape index (κ2) is 5.97. The van der Waals surface area contributed by atoms with Crippen LogP contribution in [0.3, 0.4) is 0 Å². The van der Waals surface area contributed by atoms with Gasteiger partial charge in [-0.3, -0.25) is 0 Å². The fraction of sp³-hybridized carbons (Fsp3) is 0.600. The van der Waals surface area contributed by atoms with Crippen molar-refractivity contribution in [3.8, 4) is 0 Å². The molecule has 2 atom stereocenters. The predicted molar refractivity (Wildman–Crippen MR) is 54.3 cm³/mol. The van der Waals surface area contributed by atoms with Gasteiger partial charge in [-0.05, 0) is 18.2 Å². The quantitative estimate of drug-likeness (QED) is 0.416. The van der Waals surface area contributed by atoms with Crippen LogP contribution in [0.5, 0.6) is 0 Å². The second-order valence-electron chi connectivity index (χ2n) is 3.24. The molecule has 1 aliphatic rings. The number of hydrogen-bond acceptors (Lipinski definition) is 6. The Morgan fingerprint density at radius 3 is 2.50 bits per heavy atom. The highest BCUT2D eigenvalue weighted by Gasteiger charge is 2.35. The molecule has 0 radical (unpaired) electrons. The number of aliphatic hydroxyl groups excluding tert-OH is 3. The van der Waals surface area contributed by atoms with Gasteiger partial charge in [-0.1, -0.05) is 0 Å². The average Bonchev–Trinajstić information content (AvgIpc) is 2.28. The van der Waals surface area contributed by atoms with Crippen molar-refractivity contribution in [1.82, 2.24) is 0 Å². The zero-order chi connectivity index (χ0) is 12.0. The van der Waals surface area contributed by atoms with Crippen molar-refractivity contribution in [2.45, 2.75) is 11.9 Å². The SMILES string of the molecule is OCCOC1=CC(O)C(O)(OCCO)C=C1. The summed E-state index contributed by atoms with van der Waals surface area (Å²) in [6, 6.07) is 0. The summed E-state index contributed by atoms with van der Waals surface area (Å²) in [5, 5.41) is 36.5. The number of hydrogen-bond donors (Lipinski definition) is 4. The molecule has 4 N–H and O–H groups in total. The van der Waals surface area contributed by atoms with Gasteiger partial charge in [0, 0.05) is 0 Å². The molecule has 0 aliphatic heterocycles. The van der Waals surface area contributed by atoms with Gasteiger partial charge in [-0.15, -0.1) is 0 Å². The van der Waals surface area contributed by atoms with E-state index in [0.29, 0.717) is 5.76 Å². The van der Waals surface area contributed by atoms with Crippen molar-refractivity contribution in [3.63, 3.8) is 0 Å². The highest BCUT2D eigenvalue weighted by molar-refractivity contribution is 5.25. The van der Waals surface area contributed by atoms with Crippen molar-refractivity contribution in [2.75, 3.05) is 26.4 Å². The van der Waals surface area contributed by atoms with Gasteiger partial charge >= 0.3 is 0 Å². The lowest BCUT2D eigenvalue weighted by atomic mass is 10.0. The van der Waals surface area contributed by atoms with Crippen molar-refractivity contribution in [1.29, 1.82) is 0 Å². The number of ether oxygens (including phenoxy) is 2. The maximum Gasteiger partial charge on any atom is 0.216 e. The van der Waals surface area contributed by atoms with Crippen LogP contribution >= 0.6 is 0 Å². The molecule has 0 fully saturated rings. The first-order valence-corrected chi connectivity index (χ1v) is 4.92. The molecule has 2 unspecified atom stereocenters. The topological polar surface area (TPSA) is 99.4 Å². The summed E-state index contributed by atoms with van der Waals surface area (Å²) in [7, 11) is 0. The van der Waals surface area contributed by atoms with E-state index in [1.54, 1.807) is 0 Å². The average molecular weight is 232 g/mol. The molecule has 6 heteroatoms. The molecule has 0 aromatic rings. The molecule has 0 aromatic heterocycles. The smallest absolute Gasteiger partial charge is 0.216 e. The van der Waals surface area contributed by atoms with Crippen LogP contribution in [-0.2, 0) is 9.47 Å². The molecule has 0 saturated carbocycles. The van der Waals surface area contributed by atoms with Gasteiger partial charge in [0.05, 0.1) is 19.8 Å². The summed E-state index contributed by atoms with van der Waals surface area (Å²) in [4.78, 5) is 0. The van der Waals surface area contributed by atoms with Crippen LogP contribution in [0, 0.1) is 0 Å². The standard InChI is InChI=1S/C10H16O6/c11-3-5-15-8-1-2-10(14,9(13)7-8)16-6-4-12/h1-2,7,9,11-14H,3-6H2. The number of aliphatic hydroxyl groups is 4. The first-order valence-electron chi connectivity index (χ1n) is 4.92. The van der Waals surface area contributed by atoms with Gasteiger partial charge in [0.25, 0.3) is 0 Å². The second-order valence-corrected chi connectivity index (χ2v) is 3.24. The Kier molecular flexibility index (Phi) is 4.91. The minimum Gasteiger partial charge on any atom is -0.491 e. The normalized spacial score (nSPS) is 29.0. The maximum absolute atomic E-state index is 9.79. The van der Waals surface area contributed by atoms with Gasteiger partial charge in [-0.2, -0.15) is 0 Å². The van der Waals surface area contributed by atoms with Crippen LogP contribution in [0.25, 0.3) is 0 Å². The van der Waals surface area contributed by atoms with Gasteiger partial charge in [0.15, 0.2) is 0 Å². The predicted octanol–water partition coefficient (Wildman–Crippen LogP) is -1.49. The Balaban J connectivity index is 2.57. The molecule has 0 amide bonds. The molecule has 0 spiro atoms. The van der Waals surface area contributed by atoms with Crippen molar-refractivity contribution < 1.29 is 29.9 Å². The molecule has 92 valence electrons. The monoisotopic (exact) mass is 232 g/mol. The van der Waals surface area contributed by atoms with Crippen molar-refractivity contribution in [3.05, 3.63) is 24.0 Å². The van der Waals surface area contributed by atoms with Gasteiger partial charge in [0.1, 0.15) is 18.5 Å². The van der Waals surface area contributed by atoms with Crippen LogP contribution in [0.15, 0.2) is 24.0 Å².